The van der Waals surface area contributed by atoms with Crippen molar-refractivity contribution in [2.45, 2.75) is 122 Å². The first-order valence-corrected chi connectivity index (χ1v) is 20.7. The second-order valence-electron chi connectivity index (χ2n) is 16.0. The van der Waals surface area contributed by atoms with E-state index in [9.17, 15) is 29.4 Å². The molecule has 3 aromatic rings. The number of aliphatic hydroxyl groups excluding tert-OH is 2. The molecular formula is C44H62N4O13. The quantitative estimate of drug-likeness (QED) is 0.129. The molecule has 1 aliphatic rings. The van der Waals surface area contributed by atoms with Gasteiger partial charge in [0, 0.05) is 72.1 Å². The van der Waals surface area contributed by atoms with Crippen molar-refractivity contribution < 1.29 is 61.6 Å². The number of ether oxygens (including phenoxy) is 4. The van der Waals surface area contributed by atoms with Crippen LogP contribution in [0.15, 0.2) is 50.4 Å². The fourth-order valence-corrected chi connectivity index (χ4v) is 7.35. The topological polar surface area (TPSA) is 227 Å². The molecule has 0 saturated heterocycles. The second-order valence-corrected chi connectivity index (χ2v) is 16.0. The molecule has 17 heteroatoms. The number of aromatic nitrogens is 3. The van der Waals surface area contributed by atoms with Gasteiger partial charge in [0.2, 0.25) is 24.1 Å². The molecule has 2 N–H and O–H groups in total. The van der Waals surface area contributed by atoms with Gasteiger partial charge in [0.25, 0.3) is 0 Å². The van der Waals surface area contributed by atoms with Gasteiger partial charge in [-0.3, -0.25) is 19.2 Å². The number of esters is 1. The number of hydrogen-bond donors (Lipinski definition) is 2. The Balaban J connectivity index is 1.49. The summed E-state index contributed by atoms with van der Waals surface area (Å²) in [6, 6.07) is 0. The van der Waals surface area contributed by atoms with Crippen LogP contribution >= 0.6 is 0 Å². The van der Waals surface area contributed by atoms with E-state index in [0.717, 1.165) is 0 Å². The molecule has 1 amide bonds. The number of Topliss-reactive ketones (excluding diaryl/α,β-unsaturated/α-hetero) is 2. The monoisotopic (exact) mass is 854 g/mol. The fourth-order valence-electron chi connectivity index (χ4n) is 7.35. The summed E-state index contributed by atoms with van der Waals surface area (Å²) < 4.78 is 40.1. The predicted molar refractivity (Wildman–Crippen MR) is 221 cm³/mol. The zero-order valence-electron chi connectivity index (χ0n) is 36.4. The van der Waals surface area contributed by atoms with E-state index in [1.165, 1.54) is 30.8 Å². The van der Waals surface area contributed by atoms with Crippen molar-refractivity contribution in [1.29, 1.82) is 0 Å². The number of hydrogen-bond acceptors (Lipinski definition) is 16. The largest absolute Gasteiger partial charge is 0.462 e. The number of methoxy groups -OCH3 is 3. The smallest absolute Gasteiger partial charge is 0.308 e. The number of aliphatic hydroxyl groups is 2. The zero-order valence-corrected chi connectivity index (χ0v) is 36.4. The lowest BCUT2D eigenvalue weighted by molar-refractivity contribution is -0.157. The highest BCUT2D eigenvalue weighted by molar-refractivity contribution is 5.82. The number of fused-ring (bicyclic) bond motifs is 8. The Morgan fingerprint density at radius 1 is 0.951 bits per heavy atom. The summed E-state index contributed by atoms with van der Waals surface area (Å²) in [5.74, 6) is -1.73. The zero-order chi connectivity index (χ0) is 44.6. The Kier molecular flexibility index (Phi) is 19.2. The van der Waals surface area contributed by atoms with E-state index >= 15 is 0 Å². The van der Waals surface area contributed by atoms with Crippen LogP contribution in [0.2, 0.25) is 0 Å². The SMILES string of the molecule is CO[C@@H](C[C@@H]1OC(=O)C[C@@H](O)C[C@@H](O)CC(=O)[C@H](C)[C@H](OC)c2coc(n2)-c2coc(n2)-c2coc(n2)/C=C/CC[C@H]1C)[C@@H](C)CCC(=O)[C@H](C)[C@@H](C/C=C/N(C)C=O)OC. The third-order valence-electron chi connectivity index (χ3n) is 11.3. The van der Waals surface area contributed by atoms with E-state index in [-0.39, 0.29) is 72.6 Å². The van der Waals surface area contributed by atoms with Crippen LogP contribution in [-0.2, 0) is 38.1 Å². The standard InChI is InChI=1S/C44H62N4O13/c1-26-12-9-10-14-40-45-33(23-58-40)43-47-34(24-60-43)44-46-32(22-59-44)42(57-8)29(4)36(53)19-30(50)18-31(51)20-41(54)61-39(26)21-38(56-7)27(2)15-16-35(52)28(3)37(55-6)13-11-17-48(5)25-49/h10-11,14,17,22-31,37-39,42,50-51H,9,12-13,15-16,18-21H2,1-8H3/b14-10+,17-11+/t26-,27+,28+,29+,30-,31+,37-,38+,39+,42+/m1/s1. The summed E-state index contributed by atoms with van der Waals surface area (Å²) in [5.41, 5.74) is 0.974. The van der Waals surface area contributed by atoms with Gasteiger partial charge in [0.05, 0.1) is 30.8 Å². The normalized spacial score (nSPS) is 24.8. The highest BCUT2D eigenvalue weighted by Gasteiger charge is 2.33. The van der Waals surface area contributed by atoms with Crippen molar-refractivity contribution >= 4 is 30.0 Å². The highest BCUT2D eigenvalue weighted by Crippen LogP contribution is 2.32. The third kappa shape index (κ3) is 14.4. The Hall–Kier alpha value is -4.81. The molecule has 61 heavy (non-hydrogen) atoms. The summed E-state index contributed by atoms with van der Waals surface area (Å²) >= 11 is 0. The van der Waals surface area contributed by atoms with Crippen LogP contribution in [0.4, 0.5) is 0 Å². The Morgan fingerprint density at radius 2 is 1.62 bits per heavy atom. The van der Waals surface area contributed by atoms with Gasteiger partial charge in [-0.2, -0.15) is 0 Å². The van der Waals surface area contributed by atoms with Gasteiger partial charge < -0.3 is 47.3 Å². The molecule has 10 atom stereocenters. The molecular weight excluding hydrogens is 792 g/mol. The van der Waals surface area contributed by atoms with Gasteiger partial charge in [0.15, 0.2) is 11.4 Å². The van der Waals surface area contributed by atoms with Gasteiger partial charge in [-0.25, -0.2) is 15.0 Å². The van der Waals surface area contributed by atoms with Gasteiger partial charge in [-0.15, -0.1) is 0 Å². The number of rotatable bonds is 15. The molecule has 6 bridgehead atoms. The lowest BCUT2D eigenvalue weighted by atomic mass is 9.86. The summed E-state index contributed by atoms with van der Waals surface area (Å²) in [5, 5.41) is 21.7. The molecule has 0 saturated carbocycles. The Bertz CT molecular complexity index is 1900. The van der Waals surface area contributed by atoms with Gasteiger partial charge in [-0.1, -0.05) is 39.8 Å². The van der Waals surface area contributed by atoms with Crippen molar-refractivity contribution in [1.82, 2.24) is 19.9 Å². The van der Waals surface area contributed by atoms with E-state index in [0.29, 0.717) is 61.5 Å². The minimum Gasteiger partial charge on any atom is -0.462 e. The molecule has 0 aromatic carbocycles. The molecule has 336 valence electrons. The number of carbonyl (C=O) groups excluding carboxylic acids is 4. The maximum absolute atomic E-state index is 13.4. The van der Waals surface area contributed by atoms with Crippen LogP contribution in [-0.4, -0.2) is 113 Å². The first-order valence-electron chi connectivity index (χ1n) is 20.7. The third-order valence-corrected chi connectivity index (χ3v) is 11.3. The molecule has 0 fully saturated rings. The number of oxazole rings is 3. The molecule has 0 radical (unpaired) electrons. The summed E-state index contributed by atoms with van der Waals surface area (Å²) in [6.45, 7) is 7.43. The van der Waals surface area contributed by atoms with Gasteiger partial charge in [0.1, 0.15) is 48.3 Å². The molecule has 4 rings (SSSR count). The minimum absolute atomic E-state index is 0.0373. The number of nitrogens with zero attached hydrogens (tertiary/aromatic N) is 4. The Morgan fingerprint density at radius 3 is 2.33 bits per heavy atom. The van der Waals surface area contributed by atoms with Gasteiger partial charge in [-0.05, 0) is 43.6 Å². The van der Waals surface area contributed by atoms with E-state index in [1.807, 2.05) is 26.8 Å². The van der Waals surface area contributed by atoms with E-state index < -0.39 is 42.7 Å². The number of amides is 1. The number of cyclic esters (lactones) is 1. The average Bonchev–Trinajstić information content (AvgIpc) is 4.03. The van der Waals surface area contributed by atoms with Crippen LogP contribution in [0.25, 0.3) is 29.2 Å². The predicted octanol–water partition coefficient (Wildman–Crippen LogP) is 6.16. The summed E-state index contributed by atoms with van der Waals surface area (Å²) in [6.07, 6.45) is 9.02. The van der Waals surface area contributed by atoms with Crippen LogP contribution in [0.1, 0.15) is 103 Å². The van der Waals surface area contributed by atoms with E-state index in [4.69, 9.17) is 32.2 Å². The number of carbonyl (C=O) groups is 4. The summed E-state index contributed by atoms with van der Waals surface area (Å²) in [7, 11) is 6.20. The molecule has 4 heterocycles. The molecule has 0 aliphatic carbocycles. The lowest BCUT2D eigenvalue weighted by Gasteiger charge is -2.31. The van der Waals surface area contributed by atoms with Gasteiger partial charge >= 0.3 is 5.97 Å². The molecule has 0 unspecified atom stereocenters. The maximum atomic E-state index is 13.4. The second kappa shape index (κ2) is 24.0. The number of allylic oxidation sites excluding steroid dienone is 1. The van der Waals surface area contributed by atoms with Crippen LogP contribution in [0, 0.1) is 23.7 Å². The van der Waals surface area contributed by atoms with Crippen LogP contribution in [0.3, 0.4) is 0 Å². The fraction of sp³-hybridized carbons (Fsp3) is 0.614. The van der Waals surface area contributed by atoms with Crippen molar-refractivity contribution in [3.05, 3.63) is 48.7 Å². The van der Waals surface area contributed by atoms with Crippen molar-refractivity contribution in [3.8, 4) is 23.2 Å². The average molecular weight is 855 g/mol. The van der Waals surface area contributed by atoms with E-state index in [1.54, 1.807) is 46.5 Å². The molecule has 3 aromatic heterocycles. The first kappa shape index (κ1) is 48.9. The number of ketones is 2. The highest BCUT2D eigenvalue weighted by atomic mass is 16.5. The van der Waals surface area contributed by atoms with Crippen molar-refractivity contribution in [2.24, 2.45) is 23.7 Å². The molecule has 17 nitrogen and oxygen atoms in total. The molecule has 0 spiro atoms. The van der Waals surface area contributed by atoms with Crippen LogP contribution in [0.5, 0.6) is 0 Å². The summed E-state index contributed by atoms with van der Waals surface area (Å²) in [4.78, 5) is 65.6. The van der Waals surface area contributed by atoms with Crippen molar-refractivity contribution in [2.75, 3.05) is 28.4 Å². The minimum atomic E-state index is -1.28. The van der Waals surface area contributed by atoms with Crippen LogP contribution < -0.4 is 0 Å². The maximum Gasteiger partial charge on any atom is 0.308 e. The lowest BCUT2D eigenvalue weighted by Crippen LogP contribution is -2.35. The first-order chi connectivity index (χ1) is 29.2. The van der Waals surface area contributed by atoms with Crippen molar-refractivity contribution in [3.63, 3.8) is 0 Å². The Labute approximate surface area is 356 Å². The van der Waals surface area contributed by atoms with E-state index in [2.05, 4.69) is 15.0 Å². The molecule has 1 aliphatic heterocycles.